The van der Waals surface area contributed by atoms with Crippen LogP contribution in [0.4, 0.5) is 11.4 Å². The first-order valence-corrected chi connectivity index (χ1v) is 11.5. The van der Waals surface area contributed by atoms with Crippen LogP contribution in [0.2, 0.25) is 5.02 Å². The summed E-state index contributed by atoms with van der Waals surface area (Å²) in [5, 5.41) is 3.57. The van der Waals surface area contributed by atoms with Crippen LogP contribution in [0, 0.1) is 5.92 Å². The SMILES string of the molecule is CN(C)c1ccc(Cl)cc1NC(=O)C1CCN(C2=NS(=O)(=O)c3ccccc32)CC1. The van der Waals surface area contributed by atoms with Gasteiger partial charge in [-0.05, 0) is 43.2 Å². The monoisotopic (exact) mass is 446 g/mol. The zero-order chi connectivity index (χ0) is 21.5. The molecular weight excluding hydrogens is 424 g/mol. The molecule has 2 aromatic rings. The quantitative estimate of drug-likeness (QED) is 0.782. The highest BCUT2D eigenvalue weighted by molar-refractivity contribution is 7.90. The number of halogens is 1. The van der Waals surface area contributed by atoms with Crippen LogP contribution in [-0.4, -0.2) is 52.2 Å². The molecule has 2 aromatic carbocycles. The van der Waals surface area contributed by atoms with Crippen LogP contribution in [0.25, 0.3) is 0 Å². The van der Waals surface area contributed by atoms with E-state index in [1.807, 2.05) is 36.0 Å². The molecule has 0 aliphatic carbocycles. The van der Waals surface area contributed by atoms with Crippen molar-refractivity contribution in [3.63, 3.8) is 0 Å². The molecule has 1 amide bonds. The predicted octanol–water partition coefficient (Wildman–Crippen LogP) is 3.21. The summed E-state index contributed by atoms with van der Waals surface area (Å²) in [5.74, 6) is 0.264. The number of amides is 1. The Labute approximate surface area is 181 Å². The number of anilines is 2. The molecule has 9 heteroatoms. The highest BCUT2D eigenvalue weighted by atomic mass is 35.5. The number of carbonyl (C=O) groups excluding carboxylic acids is 1. The molecule has 1 fully saturated rings. The fourth-order valence-electron chi connectivity index (χ4n) is 3.90. The van der Waals surface area contributed by atoms with Gasteiger partial charge in [-0.15, -0.1) is 4.40 Å². The van der Waals surface area contributed by atoms with Crippen LogP contribution in [0.5, 0.6) is 0 Å². The van der Waals surface area contributed by atoms with Gasteiger partial charge in [-0.3, -0.25) is 4.79 Å². The molecule has 1 N–H and O–H groups in total. The lowest BCUT2D eigenvalue weighted by Crippen LogP contribution is -2.41. The first-order valence-electron chi connectivity index (χ1n) is 9.73. The second-order valence-electron chi connectivity index (χ2n) is 7.69. The Kier molecular flexibility index (Phi) is 5.46. The standard InChI is InChI=1S/C21H23ClN4O3S/c1-25(2)18-8-7-15(22)13-17(18)23-21(27)14-9-11-26(12-10-14)20-16-5-3-4-6-19(16)30(28,29)24-20/h3-8,13-14H,9-12H2,1-2H3,(H,23,27). The lowest BCUT2D eigenvalue weighted by molar-refractivity contribution is -0.120. The molecule has 2 aliphatic heterocycles. The zero-order valence-corrected chi connectivity index (χ0v) is 18.4. The molecule has 4 rings (SSSR count). The summed E-state index contributed by atoms with van der Waals surface area (Å²) in [7, 11) is 0.175. The Balaban J connectivity index is 1.45. The highest BCUT2D eigenvalue weighted by Gasteiger charge is 2.34. The first-order chi connectivity index (χ1) is 14.3. The minimum atomic E-state index is -3.64. The molecule has 0 radical (unpaired) electrons. The maximum Gasteiger partial charge on any atom is 0.285 e. The number of benzene rings is 2. The Bertz CT molecular complexity index is 1120. The average Bonchev–Trinajstić information content (AvgIpc) is 2.99. The first kappa shape index (κ1) is 20.7. The number of hydrogen-bond acceptors (Lipinski definition) is 5. The minimum Gasteiger partial charge on any atom is -0.376 e. The molecule has 0 aromatic heterocycles. The van der Waals surface area contributed by atoms with E-state index in [2.05, 4.69) is 9.71 Å². The molecule has 2 aliphatic rings. The van der Waals surface area contributed by atoms with Crippen molar-refractivity contribution in [1.82, 2.24) is 4.90 Å². The van der Waals surface area contributed by atoms with Crippen molar-refractivity contribution >= 4 is 44.7 Å². The van der Waals surface area contributed by atoms with Crippen LogP contribution in [-0.2, 0) is 14.8 Å². The minimum absolute atomic E-state index is 0.0543. The van der Waals surface area contributed by atoms with E-state index in [0.717, 1.165) is 5.69 Å². The summed E-state index contributed by atoms with van der Waals surface area (Å²) >= 11 is 6.11. The summed E-state index contributed by atoms with van der Waals surface area (Å²) in [6, 6.07) is 12.3. The normalized spacial score (nSPS) is 18.0. The molecule has 158 valence electrons. The summed E-state index contributed by atoms with van der Waals surface area (Å²) in [6.45, 7) is 1.13. The molecule has 30 heavy (non-hydrogen) atoms. The van der Waals surface area contributed by atoms with Crippen molar-refractivity contribution in [2.45, 2.75) is 17.7 Å². The molecule has 0 spiro atoms. The smallest absolute Gasteiger partial charge is 0.285 e. The van der Waals surface area contributed by atoms with Gasteiger partial charge in [-0.25, -0.2) is 0 Å². The largest absolute Gasteiger partial charge is 0.376 e. The van der Waals surface area contributed by atoms with Gasteiger partial charge in [0.05, 0.1) is 11.4 Å². The number of likely N-dealkylation sites (tertiary alicyclic amines) is 1. The molecule has 0 bridgehead atoms. The summed E-state index contributed by atoms with van der Waals surface area (Å²) < 4.78 is 28.6. The summed E-state index contributed by atoms with van der Waals surface area (Å²) in [6.07, 6.45) is 1.23. The number of sulfonamides is 1. The number of carbonyl (C=O) groups is 1. The molecule has 0 unspecified atom stereocenters. The van der Waals surface area contributed by atoms with E-state index in [1.54, 1.807) is 30.3 Å². The average molecular weight is 447 g/mol. The van der Waals surface area contributed by atoms with E-state index in [4.69, 9.17) is 11.6 Å². The van der Waals surface area contributed by atoms with Gasteiger partial charge in [0.15, 0.2) is 5.84 Å². The van der Waals surface area contributed by atoms with E-state index < -0.39 is 10.0 Å². The third-order valence-corrected chi connectivity index (χ3v) is 7.04. The molecule has 2 heterocycles. The number of fused-ring (bicyclic) bond motifs is 1. The fourth-order valence-corrected chi connectivity index (χ4v) is 5.30. The Morgan fingerprint density at radius 2 is 1.87 bits per heavy atom. The van der Waals surface area contributed by atoms with Crippen LogP contribution < -0.4 is 10.2 Å². The van der Waals surface area contributed by atoms with E-state index >= 15 is 0 Å². The number of rotatable bonds is 3. The van der Waals surface area contributed by atoms with Crippen LogP contribution in [0.1, 0.15) is 18.4 Å². The molecule has 7 nitrogen and oxygen atoms in total. The van der Waals surface area contributed by atoms with E-state index in [-0.39, 0.29) is 16.7 Å². The fraction of sp³-hybridized carbons (Fsp3) is 0.333. The highest BCUT2D eigenvalue weighted by Crippen LogP contribution is 2.31. The van der Waals surface area contributed by atoms with Crippen molar-refractivity contribution in [3.05, 3.63) is 53.1 Å². The van der Waals surface area contributed by atoms with Crippen LogP contribution >= 0.6 is 11.6 Å². The number of amidine groups is 1. The van der Waals surface area contributed by atoms with Crippen molar-refractivity contribution in [2.24, 2.45) is 10.3 Å². The van der Waals surface area contributed by atoms with E-state index in [0.29, 0.717) is 48.0 Å². The van der Waals surface area contributed by atoms with Gasteiger partial charge < -0.3 is 15.1 Å². The topological polar surface area (TPSA) is 82.1 Å². The number of nitrogens with zero attached hydrogens (tertiary/aromatic N) is 3. The van der Waals surface area contributed by atoms with Crippen LogP contribution in [0.15, 0.2) is 51.8 Å². The van der Waals surface area contributed by atoms with Crippen molar-refractivity contribution in [2.75, 3.05) is 37.4 Å². The molecule has 1 saturated heterocycles. The van der Waals surface area contributed by atoms with Gasteiger partial charge in [0.2, 0.25) is 5.91 Å². The summed E-state index contributed by atoms with van der Waals surface area (Å²) in [5.41, 5.74) is 2.20. The number of hydrogen-bond donors (Lipinski definition) is 1. The third-order valence-electron chi connectivity index (χ3n) is 5.48. The van der Waals surface area contributed by atoms with Gasteiger partial charge in [0.25, 0.3) is 10.0 Å². The maximum absolute atomic E-state index is 12.9. The van der Waals surface area contributed by atoms with E-state index in [1.165, 1.54) is 0 Å². The Morgan fingerprint density at radius 1 is 1.17 bits per heavy atom. The van der Waals surface area contributed by atoms with Crippen molar-refractivity contribution in [1.29, 1.82) is 0 Å². The number of piperidine rings is 1. The van der Waals surface area contributed by atoms with Crippen molar-refractivity contribution in [3.8, 4) is 0 Å². The second kappa shape index (κ2) is 7.92. The number of nitrogens with one attached hydrogen (secondary N) is 1. The molecule has 0 atom stereocenters. The third kappa shape index (κ3) is 3.89. The van der Waals surface area contributed by atoms with Gasteiger partial charge in [-0.2, -0.15) is 8.42 Å². The van der Waals surface area contributed by atoms with Crippen molar-refractivity contribution < 1.29 is 13.2 Å². The predicted molar refractivity (Wildman–Crippen MR) is 119 cm³/mol. The maximum atomic E-state index is 12.9. The Morgan fingerprint density at radius 3 is 2.57 bits per heavy atom. The lowest BCUT2D eigenvalue weighted by Gasteiger charge is -2.32. The zero-order valence-electron chi connectivity index (χ0n) is 16.8. The van der Waals surface area contributed by atoms with Gasteiger partial charge in [0, 0.05) is 43.7 Å². The van der Waals surface area contributed by atoms with Gasteiger partial charge in [0.1, 0.15) is 4.90 Å². The summed E-state index contributed by atoms with van der Waals surface area (Å²) in [4.78, 5) is 17.0. The lowest BCUT2D eigenvalue weighted by atomic mass is 9.95. The molecule has 0 saturated carbocycles. The van der Waals surface area contributed by atoms with Crippen LogP contribution in [0.3, 0.4) is 0 Å². The molecular formula is C21H23ClN4O3S. The van der Waals surface area contributed by atoms with Gasteiger partial charge in [-0.1, -0.05) is 23.7 Å². The Hall–Kier alpha value is -2.58. The van der Waals surface area contributed by atoms with Gasteiger partial charge >= 0.3 is 0 Å². The van der Waals surface area contributed by atoms with E-state index in [9.17, 15) is 13.2 Å². The second-order valence-corrected chi connectivity index (χ2v) is 9.70.